The molecule has 6 heteroatoms. The number of halogens is 2. The van der Waals surface area contributed by atoms with Gasteiger partial charge in [0.1, 0.15) is 5.54 Å². The Labute approximate surface area is 140 Å². The predicted molar refractivity (Wildman–Crippen MR) is 87.9 cm³/mol. The molecule has 120 valence electrons. The van der Waals surface area contributed by atoms with E-state index in [9.17, 15) is 9.59 Å². The van der Waals surface area contributed by atoms with Gasteiger partial charge >= 0.3 is 0 Å². The lowest BCUT2D eigenvalue weighted by molar-refractivity contribution is -0.142. The maximum absolute atomic E-state index is 12.6. The number of nitrogens with zero attached hydrogens (tertiary/aromatic N) is 1. The third-order valence-electron chi connectivity index (χ3n) is 4.09. The first kappa shape index (κ1) is 17.1. The summed E-state index contributed by atoms with van der Waals surface area (Å²) < 4.78 is 0. The van der Waals surface area contributed by atoms with Gasteiger partial charge in [-0.2, -0.15) is 0 Å². The van der Waals surface area contributed by atoms with Crippen LogP contribution in [0.25, 0.3) is 0 Å². The van der Waals surface area contributed by atoms with Crippen molar-refractivity contribution in [3.05, 3.63) is 33.8 Å². The average molecular weight is 343 g/mol. The fraction of sp³-hybridized carbons (Fsp3) is 0.500. The minimum atomic E-state index is -0.801. The summed E-state index contributed by atoms with van der Waals surface area (Å²) in [5, 5.41) is 3.96. The molecule has 0 unspecified atom stereocenters. The predicted octanol–water partition coefficient (Wildman–Crippen LogP) is 3.40. The molecule has 1 atom stereocenters. The van der Waals surface area contributed by atoms with Gasteiger partial charge in [-0.1, -0.05) is 29.3 Å². The molecule has 2 amide bonds. The fourth-order valence-corrected chi connectivity index (χ4v) is 3.45. The molecule has 0 spiro atoms. The first-order valence-corrected chi connectivity index (χ1v) is 8.05. The molecule has 0 bridgehead atoms. The van der Waals surface area contributed by atoms with Gasteiger partial charge in [-0.25, -0.2) is 0 Å². The molecule has 0 aliphatic carbocycles. The highest BCUT2D eigenvalue weighted by Gasteiger charge is 2.48. The number of carbonyl (C=O) groups is 2. The highest BCUT2D eigenvalue weighted by Crippen LogP contribution is 2.32. The number of hydrogen-bond acceptors (Lipinski definition) is 2. The highest BCUT2D eigenvalue weighted by molar-refractivity contribution is 6.35. The number of amides is 2. The van der Waals surface area contributed by atoms with Crippen LogP contribution < -0.4 is 5.32 Å². The lowest BCUT2D eigenvalue weighted by Gasteiger charge is -2.36. The van der Waals surface area contributed by atoms with E-state index in [1.165, 1.54) is 0 Å². The van der Waals surface area contributed by atoms with Crippen molar-refractivity contribution in [1.82, 2.24) is 10.2 Å². The molecule has 1 aromatic rings. The second-order valence-corrected chi connectivity index (χ2v) is 6.89. The van der Waals surface area contributed by atoms with Gasteiger partial charge in [-0.15, -0.1) is 0 Å². The molecule has 1 N–H and O–H groups in total. The summed E-state index contributed by atoms with van der Waals surface area (Å²) in [6.45, 7) is 5.97. The topological polar surface area (TPSA) is 49.4 Å². The molecule has 2 rings (SSSR count). The number of benzene rings is 1. The van der Waals surface area contributed by atoms with E-state index in [-0.39, 0.29) is 17.9 Å². The molecule has 22 heavy (non-hydrogen) atoms. The third kappa shape index (κ3) is 3.23. The van der Waals surface area contributed by atoms with E-state index in [1.54, 1.807) is 23.1 Å². The van der Waals surface area contributed by atoms with Gasteiger partial charge in [0.05, 0.1) is 0 Å². The van der Waals surface area contributed by atoms with Crippen molar-refractivity contribution in [2.24, 2.45) is 0 Å². The van der Waals surface area contributed by atoms with Gasteiger partial charge in [0.15, 0.2) is 0 Å². The molecule has 1 fully saturated rings. The van der Waals surface area contributed by atoms with Crippen LogP contribution in [0, 0.1) is 0 Å². The molecule has 0 saturated carbocycles. The molecule has 0 aromatic heterocycles. The summed E-state index contributed by atoms with van der Waals surface area (Å²) in [6, 6.07) is 5.15. The lowest BCUT2D eigenvalue weighted by atomic mass is 9.96. The quantitative estimate of drug-likeness (QED) is 0.911. The molecule has 0 radical (unpaired) electrons. The van der Waals surface area contributed by atoms with Crippen molar-refractivity contribution in [3.8, 4) is 0 Å². The average Bonchev–Trinajstić information content (AvgIpc) is 2.74. The Morgan fingerprint density at radius 1 is 1.41 bits per heavy atom. The summed E-state index contributed by atoms with van der Waals surface area (Å²) in [7, 11) is 0. The molecule has 1 aliphatic rings. The van der Waals surface area contributed by atoms with Crippen LogP contribution >= 0.6 is 23.2 Å². The van der Waals surface area contributed by atoms with Crippen LogP contribution in [0.4, 0.5) is 0 Å². The number of likely N-dealkylation sites (tertiary alicyclic amines) is 1. The Morgan fingerprint density at radius 3 is 2.68 bits per heavy atom. The smallest absolute Gasteiger partial charge is 0.245 e. The number of carbonyl (C=O) groups excluding carboxylic acids is 2. The van der Waals surface area contributed by atoms with Crippen LogP contribution in [0.1, 0.15) is 39.2 Å². The van der Waals surface area contributed by atoms with E-state index >= 15 is 0 Å². The molecule has 1 saturated heterocycles. The zero-order valence-electron chi connectivity index (χ0n) is 13.0. The van der Waals surface area contributed by atoms with Crippen LogP contribution in [-0.4, -0.2) is 28.3 Å². The standard InChI is InChI=1S/C16H20Cl2N2O2/c1-10(2)20-14(21)6-7-16(20,3)15(22)19-9-11-4-5-12(17)8-13(11)18/h4-5,8,10H,6-7,9H2,1-3H3,(H,19,22)/t16-/m0/s1. The summed E-state index contributed by atoms with van der Waals surface area (Å²) in [6.07, 6.45) is 0.938. The summed E-state index contributed by atoms with van der Waals surface area (Å²) in [5.74, 6) is -0.129. The Kier molecular flexibility index (Phi) is 5.03. The van der Waals surface area contributed by atoms with E-state index in [0.29, 0.717) is 29.4 Å². The number of nitrogens with one attached hydrogen (secondary N) is 1. The first-order valence-electron chi connectivity index (χ1n) is 7.30. The maximum atomic E-state index is 12.6. The maximum Gasteiger partial charge on any atom is 0.245 e. The van der Waals surface area contributed by atoms with Crippen LogP contribution in [0.3, 0.4) is 0 Å². The second-order valence-electron chi connectivity index (χ2n) is 6.05. The van der Waals surface area contributed by atoms with Gasteiger partial charge < -0.3 is 10.2 Å². The number of hydrogen-bond donors (Lipinski definition) is 1. The van der Waals surface area contributed by atoms with Gasteiger partial charge in [-0.05, 0) is 44.9 Å². The second kappa shape index (κ2) is 6.47. The SMILES string of the molecule is CC(C)N1C(=O)CC[C@@]1(C)C(=O)NCc1ccc(Cl)cc1Cl. The Morgan fingerprint density at radius 2 is 2.09 bits per heavy atom. The molecule has 1 aromatic carbocycles. The van der Waals surface area contributed by atoms with Crippen LogP contribution in [0.5, 0.6) is 0 Å². The van der Waals surface area contributed by atoms with E-state index in [1.807, 2.05) is 20.8 Å². The Bertz CT molecular complexity index is 604. The molecule has 4 nitrogen and oxygen atoms in total. The number of rotatable bonds is 4. The third-order valence-corrected chi connectivity index (χ3v) is 4.67. The molecule has 1 heterocycles. The zero-order valence-corrected chi connectivity index (χ0v) is 14.5. The minimum absolute atomic E-state index is 0.00938. The normalized spacial score (nSPS) is 21.5. The fourth-order valence-electron chi connectivity index (χ4n) is 2.98. The largest absolute Gasteiger partial charge is 0.350 e. The molecular formula is C16H20Cl2N2O2. The van der Waals surface area contributed by atoms with E-state index in [4.69, 9.17) is 23.2 Å². The van der Waals surface area contributed by atoms with E-state index in [2.05, 4.69) is 5.32 Å². The van der Waals surface area contributed by atoms with Gasteiger partial charge in [0.2, 0.25) is 11.8 Å². The van der Waals surface area contributed by atoms with Crippen molar-refractivity contribution in [1.29, 1.82) is 0 Å². The Balaban J connectivity index is 2.10. The zero-order chi connectivity index (χ0) is 16.5. The summed E-state index contributed by atoms with van der Waals surface area (Å²) in [5.41, 5.74) is -0.00659. The lowest BCUT2D eigenvalue weighted by Crippen LogP contribution is -2.56. The highest BCUT2D eigenvalue weighted by atomic mass is 35.5. The molecular weight excluding hydrogens is 323 g/mol. The monoisotopic (exact) mass is 342 g/mol. The van der Waals surface area contributed by atoms with Crippen LogP contribution in [0.2, 0.25) is 10.0 Å². The van der Waals surface area contributed by atoms with Crippen molar-refractivity contribution in [3.63, 3.8) is 0 Å². The Hall–Kier alpha value is -1.26. The van der Waals surface area contributed by atoms with E-state index in [0.717, 1.165) is 5.56 Å². The summed E-state index contributed by atoms with van der Waals surface area (Å²) in [4.78, 5) is 26.3. The van der Waals surface area contributed by atoms with Crippen LogP contribution in [0.15, 0.2) is 18.2 Å². The first-order chi connectivity index (χ1) is 10.3. The molecule has 1 aliphatic heterocycles. The van der Waals surface area contributed by atoms with Crippen LogP contribution in [-0.2, 0) is 16.1 Å². The van der Waals surface area contributed by atoms with Crippen molar-refractivity contribution < 1.29 is 9.59 Å². The van der Waals surface area contributed by atoms with Gasteiger partial charge in [-0.3, -0.25) is 9.59 Å². The van der Waals surface area contributed by atoms with Crippen molar-refractivity contribution in [2.75, 3.05) is 0 Å². The minimum Gasteiger partial charge on any atom is -0.350 e. The van der Waals surface area contributed by atoms with Crippen molar-refractivity contribution >= 4 is 35.0 Å². The van der Waals surface area contributed by atoms with Gasteiger partial charge in [0, 0.05) is 29.1 Å². The van der Waals surface area contributed by atoms with Gasteiger partial charge in [0.25, 0.3) is 0 Å². The van der Waals surface area contributed by atoms with Crippen molar-refractivity contribution in [2.45, 2.75) is 51.7 Å². The van der Waals surface area contributed by atoms with E-state index < -0.39 is 5.54 Å². The summed E-state index contributed by atoms with van der Waals surface area (Å²) >= 11 is 12.0.